The van der Waals surface area contributed by atoms with Crippen LogP contribution >= 0.6 is 0 Å². The molecule has 0 radical (unpaired) electrons. The molecule has 3 aliphatic rings. The molecule has 3 saturated carbocycles. The quantitative estimate of drug-likeness (QED) is 0.183. The van der Waals surface area contributed by atoms with Gasteiger partial charge in [0, 0.05) is 13.2 Å². The molecule has 200 valence electrons. The van der Waals surface area contributed by atoms with Gasteiger partial charge in [-0.2, -0.15) is 0 Å². The first-order valence-electron chi connectivity index (χ1n) is 15.9. The van der Waals surface area contributed by atoms with Gasteiger partial charge < -0.3 is 9.47 Å². The third kappa shape index (κ3) is 9.76. The van der Waals surface area contributed by atoms with Gasteiger partial charge in [0.15, 0.2) is 0 Å². The zero-order valence-electron chi connectivity index (χ0n) is 23.4. The first-order valence-corrected chi connectivity index (χ1v) is 15.9. The first kappa shape index (κ1) is 28.5. The number of unbranched alkanes of at least 4 members (excludes halogenated alkanes) is 12. The molecule has 3 rings (SSSR count). The van der Waals surface area contributed by atoms with Crippen LogP contribution in [0.4, 0.5) is 0 Å². The Bertz CT molecular complexity index is 445. The summed E-state index contributed by atoms with van der Waals surface area (Å²) >= 11 is 0. The summed E-state index contributed by atoms with van der Waals surface area (Å²) < 4.78 is 12.6. The summed E-state index contributed by atoms with van der Waals surface area (Å²) in [5.41, 5.74) is 1.40. The Kier molecular flexibility index (Phi) is 13.3. The second kappa shape index (κ2) is 15.9. The average Bonchev–Trinajstić information content (AvgIpc) is 2.84. The van der Waals surface area contributed by atoms with Crippen LogP contribution in [0.3, 0.4) is 0 Å². The van der Waals surface area contributed by atoms with Crippen LogP contribution in [-0.2, 0) is 9.47 Å². The van der Waals surface area contributed by atoms with Crippen molar-refractivity contribution in [1.82, 2.24) is 0 Å². The average molecular weight is 477 g/mol. The second-order valence-corrected chi connectivity index (χ2v) is 12.7. The Morgan fingerprint density at radius 2 is 0.794 bits per heavy atom. The van der Waals surface area contributed by atoms with E-state index in [1.165, 1.54) is 154 Å². The van der Waals surface area contributed by atoms with E-state index in [-0.39, 0.29) is 0 Å². The predicted octanol–water partition coefficient (Wildman–Crippen LogP) is 10.2. The first-order chi connectivity index (χ1) is 16.7. The van der Waals surface area contributed by atoms with Crippen LogP contribution in [0.1, 0.15) is 168 Å². The molecule has 2 spiro atoms. The lowest BCUT2D eigenvalue weighted by molar-refractivity contribution is -0.129. The van der Waals surface area contributed by atoms with Crippen LogP contribution in [0.2, 0.25) is 0 Å². The summed E-state index contributed by atoms with van der Waals surface area (Å²) in [6.07, 6.45) is 34.6. The highest BCUT2D eigenvalue weighted by Crippen LogP contribution is 2.66. The third-order valence-corrected chi connectivity index (χ3v) is 9.69. The van der Waals surface area contributed by atoms with E-state index < -0.39 is 0 Å². The van der Waals surface area contributed by atoms with Gasteiger partial charge in [-0.1, -0.05) is 90.9 Å². The molecule has 0 heterocycles. The molecular weight excluding hydrogens is 416 g/mol. The maximum atomic E-state index is 6.29. The predicted molar refractivity (Wildman–Crippen MR) is 147 cm³/mol. The summed E-state index contributed by atoms with van der Waals surface area (Å²) in [5.74, 6) is 0. The van der Waals surface area contributed by atoms with Crippen molar-refractivity contribution in [1.29, 1.82) is 0 Å². The molecule has 2 nitrogen and oxygen atoms in total. The van der Waals surface area contributed by atoms with Crippen LogP contribution in [0.5, 0.6) is 0 Å². The molecule has 0 atom stereocenters. The van der Waals surface area contributed by atoms with E-state index in [4.69, 9.17) is 9.47 Å². The minimum atomic E-state index is 0.568. The Morgan fingerprint density at radius 3 is 1.15 bits per heavy atom. The number of hydrogen-bond acceptors (Lipinski definition) is 2. The van der Waals surface area contributed by atoms with Crippen LogP contribution in [0, 0.1) is 10.8 Å². The Labute approximate surface area is 213 Å². The fourth-order valence-corrected chi connectivity index (χ4v) is 7.61. The lowest BCUT2D eigenvalue weighted by Crippen LogP contribution is -2.51. The zero-order valence-corrected chi connectivity index (χ0v) is 23.4. The molecule has 0 amide bonds. The lowest BCUT2D eigenvalue weighted by Gasteiger charge is -2.61. The summed E-state index contributed by atoms with van der Waals surface area (Å²) in [7, 11) is 0. The van der Waals surface area contributed by atoms with E-state index in [2.05, 4.69) is 13.8 Å². The van der Waals surface area contributed by atoms with Crippen LogP contribution < -0.4 is 0 Å². The van der Waals surface area contributed by atoms with E-state index in [9.17, 15) is 0 Å². The van der Waals surface area contributed by atoms with E-state index >= 15 is 0 Å². The Hall–Kier alpha value is -0.0800. The maximum absolute atomic E-state index is 6.29. The van der Waals surface area contributed by atoms with Gasteiger partial charge in [0.25, 0.3) is 0 Å². The molecule has 3 fully saturated rings. The van der Waals surface area contributed by atoms with Crippen molar-refractivity contribution in [3.8, 4) is 0 Å². The SMILES string of the molecule is CCCCCCCCCOC1CCC2(CC1)CC1(CCC(OCCCCCCCCC)CC1)C2. The molecule has 0 aromatic carbocycles. The van der Waals surface area contributed by atoms with E-state index in [0.29, 0.717) is 23.0 Å². The number of rotatable bonds is 18. The molecule has 0 aliphatic heterocycles. The van der Waals surface area contributed by atoms with Gasteiger partial charge in [0.05, 0.1) is 12.2 Å². The monoisotopic (exact) mass is 476 g/mol. The molecule has 0 saturated heterocycles. The fourth-order valence-electron chi connectivity index (χ4n) is 7.61. The summed E-state index contributed by atoms with van der Waals surface area (Å²) in [5, 5.41) is 0. The molecule has 0 unspecified atom stereocenters. The minimum absolute atomic E-state index is 0.568. The van der Waals surface area contributed by atoms with Gasteiger partial charge in [-0.15, -0.1) is 0 Å². The topological polar surface area (TPSA) is 18.5 Å². The fraction of sp³-hybridized carbons (Fsp3) is 1.00. The Balaban J connectivity index is 1.17. The molecule has 0 bridgehead atoms. The number of hydrogen-bond donors (Lipinski definition) is 0. The van der Waals surface area contributed by atoms with Crippen LogP contribution in [0.25, 0.3) is 0 Å². The highest BCUT2D eigenvalue weighted by atomic mass is 16.5. The standard InChI is InChI=1S/C32H60O2/c1-3-5-7-9-11-13-15-25-33-29-17-21-31(22-18-29)27-32(28-31)23-19-30(20-24-32)34-26-16-14-12-10-8-6-4-2/h29-30H,3-28H2,1-2H3. The third-order valence-electron chi connectivity index (χ3n) is 9.69. The highest BCUT2D eigenvalue weighted by Gasteiger charge is 2.55. The van der Waals surface area contributed by atoms with E-state index in [1.54, 1.807) is 0 Å². The van der Waals surface area contributed by atoms with E-state index in [0.717, 1.165) is 13.2 Å². The van der Waals surface area contributed by atoms with Gasteiger partial charge in [-0.05, 0) is 87.9 Å². The molecule has 3 aliphatic carbocycles. The van der Waals surface area contributed by atoms with Crippen molar-refractivity contribution in [2.45, 2.75) is 180 Å². The van der Waals surface area contributed by atoms with Gasteiger partial charge in [-0.25, -0.2) is 0 Å². The molecular formula is C32H60O2. The molecule has 34 heavy (non-hydrogen) atoms. The summed E-state index contributed by atoms with van der Waals surface area (Å²) in [6.45, 7) is 6.61. The second-order valence-electron chi connectivity index (χ2n) is 12.7. The summed E-state index contributed by atoms with van der Waals surface area (Å²) in [6, 6.07) is 0. The molecule has 0 aromatic rings. The summed E-state index contributed by atoms with van der Waals surface area (Å²) in [4.78, 5) is 0. The van der Waals surface area contributed by atoms with Crippen molar-refractivity contribution >= 4 is 0 Å². The normalized spacial score (nSPS) is 31.2. The molecule has 0 N–H and O–H groups in total. The Morgan fingerprint density at radius 1 is 0.471 bits per heavy atom. The lowest BCUT2D eigenvalue weighted by atomic mass is 9.45. The number of ether oxygens (including phenoxy) is 2. The van der Waals surface area contributed by atoms with E-state index in [1.807, 2.05) is 0 Å². The van der Waals surface area contributed by atoms with Gasteiger partial charge in [0.2, 0.25) is 0 Å². The van der Waals surface area contributed by atoms with Crippen molar-refractivity contribution in [2.24, 2.45) is 10.8 Å². The van der Waals surface area contributed by atoms with Gasteiger partial charge in [0.1, 0.15) is 0 Å². The molecule has 0 aromatic heterocycles. The van der Waals surface area contributed by atoms with Crippen LogP contribution in [0.15, 0.2) is 0 Å². The van der Waals surface area contributed by atoms with Gasteiger partial charge in [-0.3, -0.25) is 0 Å². The van der Waals surface area contributed by atoms with Crippen LogP contribution in [-0.4, -0.2) is 25.4 Å². The van der Waals surface area contributed by atoms with Crippen molar-refractivity contribution in [3.05, 3.63) is 0 Å². The van der Waals surface area contributed by atoms with Gasteiger partial charge >= 0.3 is 0 Å². The minimum Gasteiger partial charge on any atom is -0.378 e. The smallest absolute Gasteiger partial charge is 0.0575 e. The zero-order chi connectivity index (χ0) is 24.0. The van der Waals surface area contributed by atoms with Crippen molar-refractivity contribution in [3.63, 3.8) is 0 Å². The highest BCUT2D eigenvalue weighted by molar-refractivity contribution is 5.06. The maximum Gasteiger partial charge on any atom is 0.0575 e. The largest absolute Gasteiger partial charge is 0.378 e. The van der Waals surface area contributed by atoms with Crippen molar-refractivity contribution in [2.75, 3.05) is 13.2 Å². The molecule has 2 heteroatoms. The van der Waals surface area contributed by atoms with Crippen molar-refractivity contribution < 1.29 is 9.47 Å².